The number of fused-ring (bicyclic) bond motifs is 2. The van der Waals surface area contributed by atoms with Gasteiger partial charge in [-0.05, 0) is 83.2 Å². The lowest BCUT2D eigenvalue weighted by atomic mass is 9.69. The third-order valence-electron chi connectivity index (χ3n) is 7.29. The van der Waals surface area contributed by atoms with Crippen molar-refractivity contribution in [2.45, 2.75) is 33.6 Å². The SMILES string of the molecule is CC(C)(C)C1C/C(=C\c2cccs2)c2nc3ccccc3c(C(=O)OCC(=O)Nc3ccc(C(N)=O)cc3)c2C1. The van der Waals surface area contributed by atoms with Crippen LogP contribution in [-0.2, 0) is 16.0 Å². The quantitative estimate of drug-likeness (QED) is 0.271. The maximum atomic E-state index is 13.7. The van der Waals surface area contributed by atoms with Crippen molar-refractivity contribution in [3.05, 3.63) is 93.3 Å². The summed E-state index contributed by atoms with van der Waals surface area (Å²) in [7, 11) is 0. The molecule has 0 spiro atoms. The zero-order chi connectivity index (χ0) is 28.4. The first-order chi connectivity index (χ1) is 19.1. The highest BCUT2D eigenvalue weighted by Crippen LogP contribution is 2.45. The van der Waals surface area contributed by atoms with Crippen molar-refractivity contribution in [3.63, 3.8) is 0 Å². The van der Waals surface area contributed by atoms with Crippen LogP contribution in [0.15, 0.2) is 66.0 Å². The lowest BCUT2D eigenvalue weighted by molar-refractivity contribution is -0.119. The number of hydrogen-bond acceptors (Lipinski definition) is 6. The maximum Gasteiger partial charge on any atom is 0.339 e. The van der Waals surface area contributed by atoms with Gasteiger partial charge in [-0.3, -0.25) is 9.59 Å². The number of amides is 2. The van der Waals surface area contributed by atoms with E-state index in [2.05, 4.69) is 38.2 Å². The summed E-state index contributed by atoms with van der Waals surface area (Å²) in [6, 6.07) is 17.8. The molecule has 2 amide bonds. The van der Waals surface area contributed by atoms with Crippen LogP contribution >= 0.6 is 11.3 Å². The molecule has 0 radical (unpaired) electrons. The number of thiophene rings is 1. The lowest BCUT2D eigenvalue weighted by Crippen LogP contribution is -2.29. The second-order valence-electron chi connectivity index (χ2n) is 11.1. The highest BCUT2D eigenvalue weighted by atomic mass is 32.1. The number of nitrogens with one attached hydrogen (secondary N) is 1. The molecule has 0 saturated heterocycles. The standard InChI is InChI=1S/C32H31N3O4S/c1-32(2,3)21-15-20(16-23-7-6-14-40-23)29-25(17-21)28(24-8-4-5-9-26(24)35-29)31(38)39-18-27(36)34-22-12-10-19(11-13-22)30(33)37/h4-14,16,21H,15,17-18H2,1-3H3,(H2,33,37)(H,34,36)/b20-16+. The van der Waals surface area contributed by atoms with Crippen LogP contribution in [0.25, 0.3) is 22.6 Å². The van der Waals surface area contributed by atoms with Gasteiger partial charge in [0.15, 0.2) is 6.61 Å². The fraction of sp³-hybridized carbons (Fsp3) is 0.250. The molecule has 0 bridgehead atoms. The Bertz CT molecular complexity index is 1620. The smallest absolute Gasteiger partial charge is 0.339 e. The molecule has 1 unspecified atom stereocenters. The van der Waals surface area contributed by atoms with Crippen molar-refractivity contribution in [1.82, 2.24) is 4.98 Å². The van der Waals surface area contributed by atoms with Crippen LogP contribution in [0.1, 0.15) is 64.0 Å². The molecular weight excluding hydrogens is 522 g/mol. The normalized spacial score (nSPS) is 16.0. The molecule has 204 valence electrons. The third-order valence-corrected chi connectivity index (χ3v) is 8.11. The summed E-state index contributed by atoms with van der Waals surface area (Å²) in [5, 5.41) is 5.44. The van der Waals surface area contributed by atoms with Gasteiger partial charge in [0.2, 0.25) is 5.91 Å². The minimum atomic E-state index is -0.556. The second-order valence-corrected chi connectivity index (χ2v) is 12.0. The van der Waals surface area contributed by atoms with Gasteiger partial charge in [0.05, 0.1) is 16.8 Å². The molecule has 5 rings (SSSR count). The number of hydrogen-bond donors (Lipinski definition) is 2. The van der Waals surface area contributed by atoms with Gasteiger partial charge in [-0.1, -0.05) is 45.0 Å². The van der Waals surface area contributed by atoms with E-state index < -0.39 is 24.4 Å². The van der Waals surface area contributed by atoms with Crippen LogP contribution in [-0.4, -0.2) is 29.4 Å². The Hall–Kier alpha value is -4.30. The summed E-state index contributed by atoms with van der Waals surface area (Å²) in [6.07, 6.45) is 3.71. The Morgan fingerprint density at radius 3 is 2.48 bits per heavy atom. The van der Waals surface area contributed by atoms with Crippen LogP contribution < -0.4 is 11.1 Å². The number of ether oxygens (including phenoxy) is 1. The highest BCUT2D eigenvalue weighted by Gasteiger charge is 2.35. The van der Waals surface area contributed by atoms with Gasteiger partial charge in [-0.25, -0.2) is 9.78 Å². The fourth-order valence-corrected chi connectivity index (χ4v) is 5.71. The van der Waals surface area contributed by atoms with E-state index in [9.17, 15) is 14.4 Å². The van der Waals surface area contributed by atoms with Gasteiger partial charge in [-0.15, -0.1) is 11.3 Å². The van der Waals surface area contributed by atoms with Gasteiger partial charge in [0, 0.05) is 21.5 Å². The minimum Gasteiger partial charge on any atom is -0.452 e. The van der Waals surface area contributed by atoms with Crippen LogP contribution in [0.2, 0.25) is 0 Å². The van der Waals surface area contributed by atoms with Crippen LogP contribution in [0.5, 0.6) is 0 Å². The molecule has 40 heavy (non-hydrogen) atoms. The molecule has 3 N–H and O–H groups in total. The van der Waals surface area contributed by atoms with E-state index in [1.807, 2.05) is 35.7 Å². The molecule has 7 nitrogen and oxygen atoms in total. The molecule has 1 aliphatic rings. The van der Waals surface area contributed by atoms with E-state index in [0.29, 0.717) is 34.1 Å². The molecule has 8 heteroatoms. The minimum absolute atomic E-state index is 0.00297. The fourth-order valence-electron chi connectivity index (χ4n) is 5.03. The van der Waals surface area contributed by atoms with Crippen molar-refractivity contribution < 1.29 is 19.1 Å². The molecule has 0 saturated carbocycles. The zero-order valence-electron chi connectivity index (χ0n) is 22.7. The molecule has 4 aromatic rings. The number of para-hydroxylation sites is 1. The molecule has 1 aliphatic carbocycles. The maximum absolute atomic E-state index is 13.7. The van der Waals surface area contributed by atoms with Gasteiger partial charge < -0.3 is 15.8 Å². The predicted molar refractivity (Wildman–Crippen MR) is 159 cm³/mol. The van der Waals surface area contributed by atoms with E-state index in [-0.39, 0.29) is 11.3 Å². The van der Waals surface area contributed by atoms with Crippen molar-refractivity contribution in [3.8, 4) is 0 Å². The van der Waals surface area contributed by atoms with Crippen LogP contribution in [0.3, 0.4) is 0 Å². The Balaban J connectivity index is 1.48. The summed E-state index contributed by atoms with van der Waals surface area (Å²) < 4.78 is 5.59. The average molecular weight is 554 g/mol. The lowest BCUT2D eigenvalue weighted by Gasteiger charge is -2.36. The number of pyridine rings is 1. The first-order valence-electron chi connectivity index (χ1n) is 13.1. The van der Waals surface area contributed by atoms with Crippen molar-refractivity contribution in [2.75, 3.05) is 11.9 Å². The van der Waals surface area contributed by atoms with E-state index in [4.69, 9.17) is 15.5 Å². The molecule has 2 aromatic carbocycles. The topological polar surface area (TPSA) is 111 Å². The van der Waals surface area contributed by atoms with Crippen LogP contribution in [0.4, 0.5) is 5.69 Å². The first-order valence-corrected chi connectivity index (χ1v) is 14.0. The number of primary amides is 1. The first kappa shape index (κ1) is 27.3. The summed E-state index contributed by atoms with van der Waals surface area (Å²) in [5.41, 5.74) is 10.0. The Kier molecular flexibility index (Phi) is 7.54. The van der Waals surface area contributed by atoms with Gasteiger partial charge >= 0.3 is 5.97 Å². The summed E-state index contributed by atoms with van der Waals surface area (Å²) >= 11 is 1.67. The van der Waals surface area contributed by atoms with E-state index in [0.717, 1.165) is 28.1 Å². The molecule has 0 aliphatic heterocycles. The second kappa shape index (κ2) is 11.1. The number of carbonyl (C=O) groups excluding carboxylic acids is 3. The number of carbonyl (C=O) groups is 3. The van der Waals surface area contributed by atoms with Gasteiger partial charge in [0.1, 0.15) is 0 Å². The van der Waals surface area contributed by atoms with E-state index in [1.54, 1.807) is 23.5 Å². The predicted octanol–water partition coefficient (Wildman–Crippen LogP) is 6.34. The monoisotopic (exact) mass is 553 g/mol. The zero-order valence-corrected chi connectivity index (χ0v) is 23.5. The molecule has 0 fully saturated rings. The van der Waals surface area contributed by atoms with Crippen LogP contribution in [0, 0.1) is 11.3 Å². The van der Waals surface area contributed by atoms with Gasteiger partial charge in [0.25, 0.3) is 5.91 Å². The molecular formula is C32H31N3O4S. The number of benzene rings is 2. The summed E-state index contributed by atoms with van der Waals surface area (Å²) in [6.45, 7) is 6.21. The van der Waals surface area contributed by atoms with Crippen molar-refractivity contribution in [1.29, 1.82) is 0 Å². The Morgan fingerprint density at radius 1 is 1.05 bits per heavy atom. The Morgan fingerprint density at radius 2 is 1.80 bits per heavy atom. The molecule has 2 heterocycles. The average Bonchev–Trinajstić information content (AvgIpc) is 3.43. The largest absolute Gasteiger partial charge is 0.452 e. The number of nitrogens with zero attached hydrogens (tertiary/aromatic N) is 1. The summed E-state index contributed by atoms with van der Waals surface area (Å²) in [4.78, 5) is 43.8. The third kappa shape index (κ3) is 5.82. The number of allylic oxidation sites excluding steroid dienone is 1. The van der Waals surface area contributed by atoms with Crippen molar-refractivity contribution in [2.24, 2.45) is 17.1 Å². The number of aromatic nitrogens is 1. The number of anilines is 1. The number of esters is 1. The van der Waals surface area contributed by atoms with E-state index >= 15 is 0 Å². The molecule has 1 atom stereocenters. The molecule has 2 aromatic heterocycles. The van der Waals surface area contributed by atoms with E-state index in [1.165, 1.54) is 12.1 Å². The van der Waals surface area contributed by atoms with Crippen molar-refractivity contribution >= 4 is 57.4 Å². The highest BCUT2D eigenvalue weighted by molar-refractivity contribution is 7.10. The number of rotatable bonds is 6. The number of nitrogens with two attached hydrogens (primary N) is 1. The Labute approximate surface area is 237 Å². The van der Waals surface area contributed by atoms with Gasteiger partial charge in [-0.2, -0.15) is 0 Å². The summed E-state index contributed by atoms with van der Waals surface area (Å²) in [5.74, 6) is -1.31.